The molecule has 5 rings (SSSR count). The summed E-state index contributed by atoms with van der Waals surface area (Å²) in [4.78, 5) is 54.4. The highest BCUT2D eigenvalue weighted by molar-refractivity contribution is 9.12. The molecule has 3 aliphatic carbocycles. The van der Waals surface area contributed by atoms with Crippen molar-refractivity contribution in [1.29, 1.82) is 0 Å². The quantitative estimate of drug-likeness (QED) is 0.351. The Kier molecular flexibility index (Phi) is 4.90. The Bertz CT molecular complexity index is 1230. The number of carbonyl (C=O) groups is 4. The summed E-state index contributed by atoms with van der Waals surface area (Å²) >= 11 is 3.22. The highest BCUT2D eigenvalue weighted by Crippen LogP contribution is 2.55. The SMILES string of the molecule is CC(C)(C)N1C(=O)[C@H]2[C@H](CC=C3[C@H](c4cccc(O)c4)C4=C(C[C@H]32)C(=O)C(Br)=CC4=O)C1=O. The molecule has 1 aliphatic heterocycles. The van der Waals surface area contributed by atoms with Crippen LogP contribution in [0.2, 0.25) is 0 Å². The number of likely N-dealkylation sites (tertiary alicyclic amines) is 1. The number of carbonyl (C=O) groups excluding carboxylic acids is 4. The van der Waals surface area contributed by atoms with Crippen molar-refractivity contribution in [3.05, 3.63) is 63.2 Å². The van der Waals surface area contributed by atoms with Gasteiger partial charge in [-0.1, -0.05) is 23.8 Å². The van der Waals surface area contributed by atoms with E-state index >= 15 is 0 Å². The molecule has 0 unspecified atom stereocenters. The molecule has 7 heteroatoms. The minimum absolute atomic E-state index is 0.0587. The number of halogens is 1. The third kappa shape index (κ3) is 3.20. The lowest BCUT2D eigenvalue weighted by atomic mass is 9.59. The van der Waals surface area contributed by atoms with Crippen molar-refractivity contribution in [2.75, 3.05) is 0 Å². The van der Waals surface area contributed by atoms with Crippen LogP contribution in [0.4, 0.5) is 0 Å². The first kappa shape index (κ1) is 22.0. The molecule has 1 saturated heterocycles. The smallest absolute Gasteiger partial charge is 0.234 e. The maximum Gasteiger partial charge on any atom is 0.234 e. The van der Waals surface area contributed by atoms with Crippen molar-refractivity contribution in [1.82, 2.24) is 4.90 Å². The maximum absolute atomic E-state index is 13.6. The zero-order valence-corrected chi connectivity index (χ0v) is 20.2. The van der Waals surface area contributed by atoms with E-state index < -0.39 is 23.3 Å². The van der Waals surface area contributed by atoms with Gasteiger partial charge in [-0.3, -0.25) is 24.1 Å². The fourth-order valence-corrected chi connectivity index (χ4v) is 6.40. The molecular weight excluding hydrogens is 486 g/mol. The summed E-state index contributed by atoms with van der Waals surface area (Å²) in [6.45, 7) is 5.53. The number of phenolic OH excluding ortho intramolecular Hbond substituents is 1. The van der Waals surface area contributed by atoms with Crippen LogP contribution in [0.3, 0.4) is 0 Å². The zero-order valence-electron chi connectivity index (χ0n) is 18.6. The van der Waals surface area contributed by atoms with Gasteiger partial charge in [-0.05, 0) is 73.2 Å². The molecule has 4 atom stereocenters. The third-order valence-electron chi connectivity index (χ3n) is 7.21. The lowest BCUT2D eigenvalue weighted by molar-refractivity contribution is -0.145. The van der Waals surface area contributed by atoms with E-state index in [1.54, 1.807) is 18.2 Å². The predicted octanol–water partition coefficient (Wildman–Crippen LogP) is 3.95. The van der Waals surface area contributed by atoms with Gasteiger partial charge in [-0.15, -0.1) is 0 Å². The van der Waals surface area contributed by atoms with Gasteiger partial charge in [0.05, 0.1) is 16.3 Å². The Morgan fingerprint density at radius 2 is 1.79 bits per heavy atom. The average molecular weight is 510 g/mol. The molecular formula is C26H24BrNO5. The molecule has 1 heterocycles. The second-order valence-electron chi connectivity index (χ2n) is 10.2. The number of phenols is 1. The van der Waals surface area contributed by atoms with Crippen molar-refractivity contribution in [2.45, 2.75) is 45.1 Å². The summed E-state index contributed by atoms with van der Waals surface area (Å²) < 4.78 is 0.200. The number of benzene rings is 1. The molecule has 0 radical (unpaired) electrons. The van der Waals surface area contributed by atoms with Crippen molar-refractivity contribution in [3.8, 4) is 5.75 Å². The molecule has 4 aliphatic rings. The van der Waals surface area contributed by atoms with E-state index in [9.17, 15) is 24.3 Å². The van der Waals surface area contributed by atoms with Gasteiger partial charge < -0.3 is 5.11 Å². The average Bonchev–Trinajstić information content (AvgIpc) is 3.01. The van der Waals surface area contributed by atoms with Crippen LogP contribution in [0.1, 0.15) is 45.1 Å². The molecule has 0 bridgehead atoms. The van der Waals surface area contributed by atoms with Crippen LogP contribution >= 0.6 is 15.9 Å². The normalized spacial score (nSPS) is 29.5. The molecule has 1 fully saturated rings. The number of imide groups is 1. The summed E-state index contributed by atoms with van der Waals surface area (Å²) in [5.74, 6) is -2.80. The summed E-state index contributed by atoms with van der Waals surface area (Å²) in [6, 6.07) is 6.67. The largest absolute Gasteiger partial charge is 0.508 e. The first-order chi connectivity index (χ1) is 15.5. The Labute approximate surface area is 200 Å². The molecule has 0 spiro atoms. The van der Waals surface area contributed by atoms with Crippen molar-refractivity contribution in [3.63, 3.8) is 0 Å². The van der Waals surface area contributed by atoms with Gasteiger partial charge in [0.15, 0.2) is 11.6 Å². The number of Topliss-reactive ketones (excluding diaryl/α,β-unsaturated/α-hetero) is 1. The van der Waals surface area contributed by atoms with Crippen LogP contribution in [-0.2, 0) is 19.2 Å². The van der Waals surface area contributed by atoms with Crippen LogP contribution < -0.4 is 0 Å². The number of aromatic hydroxyl groups is 1. The highest BCUT2D eigenvalue weighted by atomic mass is 79.9. The Morgan fingerprint density at radius 3 is 2.45 bits per heavy atom. The predicted molar refractivity (Wildman–Crippen MR) is 124 cm³/mol. The number of amides is 2. The third-order valence-corrected chi connectivity index (χ3v) is 7.79. The van der Waals surface area contributed by atoms with Crippen molar-refractivity contribution < 1.29 is 24.3 Å². The summed E-state index contributed by atoms with van der Waals surface area (Å²) in [5, 5.41) is 10.1. The molecule has 2 amide bonds. The number of hydrogen-bond acceptors (Lipinski definition) is 5. The summed E-state index contributed by atoms with van der Waals surface area (Å²) in [5.41, 5.74) is 1.72. The van der Waals surface area contributed by atoms with Gasteiger partial charge in [-0.2, -0.15) is 0 Å². The molecule has 0 aromatic heterocycles. The summed E-state index contributed by atoms with van der Waals surface area (Å²) in [6.07, 6.45) is 3.93. The number of hydrogen-bond donors (Lipinski definition) is 1. The van der Waals surface area contributed by atoms with Gasteiger partial charge in [0, 0.05) is 28.7 Å². The second-order valence-corrected chi connectivity index (χ2v) is 11.0. The molecule has 170 valence electrons. The Hall–Kier alpha value is -2.80. The van der Waals surface area contributed by atoms with Crippen LogP contribution in [0.5, 0.6) is 5.75 Å². The molecule has 6 nitrogen and oxygen atoms in total. The van der Waals surface area contributed by atoms with E-state index in [-0.39, 0.29) is 46.0 Å². The minimum atomic E-state index is -0.641. The fourth-order valence-electron chi connectivity index (χ4n) is 5.95. The monoisotopic (exact) mass is 509 g/mol. The number of nitrogens with zero attached hydrogens (tertiary/aromatic N) is 1. The molecule has 33 heavy (non-hydrogen) atoms. The summed E-state index contributed by atoms with van der Waals surface area (Å²) in [7, 11) is 0. The van der Waals surface area contributed by atoms with Gasteiger partial charge in [0.25, 0.3) is 0 Å². The van der Waals surface area contributed by atoms with Crippen molar-refractivity contribution in [2.24, 2.45) is 17.8 Å². The van der Waals surface area contributed by atoms with E-state index in [4.69, 9.17) is 0 Å². The highest BCUT2D eigenvalue weighted by Gasteiger charge is 2.58. The Balaban J connectivity index is 1.69. The topological polar surface area (TPSA) is 91.8 Å². The standard InChI is InChI=1S/C26H24BrNO5/c1-26(2,3)28-24(32)15-8-7-14-16(21(15)25(28)33)10-17-22(19(30)11-18(27)23(17)31)20(14)12-5-4-6-13(29)9-12/h4-7,9,11,15-16,20-21,29H,8,10H2,1-3H3/t15-,16+,20-,21-/m0/s1. The number of ketones is 2. The molecule has 1 N–H and O–H groups in total. The van der Waals surface area contributed by atoms with Crippen LogP contribution in [-0.4, -0.2) is 38.9 Å². The second kappa shape index (κ2) is 7.35. The lowest BCUT2D eigenvalue weighted by Crippen LogP contribution is -2.46. The molecule has 1 aromatic rings. The Morgan fingerprint density at radius 1 is 1.06 bits per heavy atom. The number of allylic oxidation sites excluding steroid dienone is 6. The lowest BCUT2D eigenvalue weighted by Gasteiger charge is -2.42. The van der Waals surface area contributed by atoms with E-state index in [1.165, 1.54) is 11.0 Å². The van der Waals surface area contributed by atoms with E-state index in [0.29, 0.717) is 23.1 Å². The zero-order chi connectivity index (χ0) is 23.8. The maximum atomic E-state index is 13.6. The first-order valence-electron chi connectivity index (χ1n) is 11.1. The fraction of sp³-hybridized carbons (Fsp3) is 0.385. The van der Waals surface area contributed by atoms with Crippen LogP contribution in [0, 0.1) is 17.8 Å². The molecule has 1 aromatic carbocycles. The van der Waals surface area contributed by atoms with Gasteiger partial charge in [0.1, 0.15) is 5.75 Å². The van der Waals surface area contributed by atoms with Gasteiger partial charge in [-0.25, -0.2) is 0 Å². The van der Waals surface area contributed by atoms with E-state index in [0.717, 1.165) is 5.57 Å². The van der Waals surface area contributed by atoms with E-state index in [1.807, 2.05) is 32.9 Å². The number of rotatable bonds is 1. The van der Waals surface area contributed by atoms with Crippen molar-refractivity contribution >= 4 is 39.3 Å². The minimum Gasteiger partial charge on any atom is -0.508 e. The van der Waals surface area contributed by atoms with Gasteiger partial charge >= 0.3 is 0 Å². The van der Waals surface area contributed by atoms with Crippen LogP contribution in [0.15, 0.2) is 57.6 Å². The first-order valence-corrected chi connectivity index (χ1v) is 11.9. The molecule has 0 saturated carbocycles. The van der Waals surface area contributed by atoms with Gasteiger partial charge in [0.2, 0.25) is 11.8 Å². The van der Waals surface area contributed by atoms with Crippen LogP contribution in [0.25, 0.3) is 0 Å². The van der Waals surface area contributed by atoms with E-state index in [2.05, 4.69) is 15.9 Å². The number of fused-ring (bicyclic) bond motifs is 3.